The highest BCUT2D eigenvalue weighted by atomic mass is 32.1. The Morgan fingerprint density at radius 1 is 1.50 bits per heavy atom. The second-order valence-electron chi connectivity index (χ2n) is 3.36. The minimum Gasteiger partial charge on any atom is -0.339 e. The Kier molecular flexibility index (Phi) is 4.55. The lowest BCUT2D eigenvalue weighted by Gasteiger charge is -2.22. The highest BCUT2D eigenvalue weighted by Gasteiger charge is 2.31. The maximum Gasteiger partial charge on any atom is 0.406 e. The quantitative estimate of drug-likeness (QED) is 0.876. The summed E-state index contributed by atoms with van der Waals surface area (Å²) in [7, 11) is 0. The van der Waals surface area contributed by atoms with Gasteiger partial charge in [0, 0.05) is 18.5 Å². The lowest BCUT2D eigenvalue weighted by Crippen LogP contribution is -2.34. The van der Waals surface area contributed by atoms with Gasteiger partial charge in [-0.25, -0.2) is 4.98 Å². The fourth-order valence-electron chi connectivity index (χ4n) is 1.26. The van der Waals surface area contributed by atoms with Crippen molar-refractivity contribution in [1.29, 1.82) is 0 Å². The molecule has 1 aromatic heterocycles. The van der Waals surface area contributed by atoms with Gasteiger partial charge in [0.1, 0.15) is 6.54 Å². The molecule has 0 aromatic carbocycles. The summed E-state index contributed by atoms with van der Waals surface area (Å²) in [6.07, 6.45) is -3.56. The fraction of sp³-hybridized carbons (Fsp3) is 0.667. The Labute approximate surface area is 96.1 Å². The van der Waals surface area contributed by atoms with Crippen molar-refractivity contribution in [2.75, 3.05) is 18.0 Å². The average Bonchev–Trinajstić information content (AvgIpc) is 2.63. The van der Waals surface area contributed by atoms with E-state index < -0.39 is 12.7 Å². The number of anilines is 1. The molecule has 16 heavy (non-hydrogen) atoms. The monoisotopic (exact) mass is 253 g/mol. The molecule has 2 N–H and O–H groups in total. The number of halogens is 3. The normalized spacial score (nSPS) is 11.8. The molecule has 1 rings (SSSR count). The van der Waals surface area contributed by atoms with Crippen molar-refractivity contribution in [3.8, 4) is 0 Å². The summed E-state index contributed by atoms with van der Waals surface area (Å²) in [5.41, 5.74) is 6.00. The van der Waals surface area contributed by atoms with Crippen LogP contribution in [0.1, 0.15) is 19.0 Å². The zero-order valence-electron chi connectivity index (χ0n) is 8.92. The number of nitrogens with zero attached hydrogens (tertiary/aromatic N) is 2. The predicted molar refractivity (Wildman–Crippen MR) is 58.6 cm³/mol. The summed E-state index contributed by atoms with van der Waals surface area (Å²) in [5, 5.41) is 2.08. The largest absolute Gasteiger partial charge is 0.406 e. The summed E-state index contributed by atoms with van der Waals surface area (Å²) in [5.74, 6) is 0. The number of nitrogens with two attached hydrogens (primary N) is 1. The molecule has 0 aliphatic heterocycles. The molecule has 0 fully saturated rings. The summed E-state index contributed by atoms with van der Waals surface area (Å²) in [6.45, 7) is 1.47. The zero-order valence-corrected chi connectivity index (χ0v) is 9.74. The first kappa shape index (κ1) is 13.2. The van der Waals surface area contributed by atoms with Gasteiger partial charge < -0.3 is 10.6 Å². The van der Waals surface area contributed by atoms with E-state index in [9.17, 15) is 13.2 Å². The first-order valence-corrected chi connectivity index (χ1v) is 5.80. The van der Waals surface area contributed by atoms with Crippen LogP contribution in [0.4, 0.5) is 18.3 Å². The van der Waals surface area contributed by atoms with Gasteiger partial charge in [-0.3, -0.25) is 0 Å². The topological polar surface area (TPSA) is 42.2 Å². The van der Waals surface area contributed by atoms with Gasteiger partial charge in [-0.05, 0) is 6.42 Å². The van der Waals surface area contributed by atoms with E-state index in [1.807, 2.05) is 6.92 Å². The Morgan fingerprint density at radius 2 is 2.19 bits per heavy atom. The molecule has 0 unspecified atom stereocenters. The number of hydrogen-bond donors (Lipinski definition) is 1. The summed E-state index contributed by atoms with van der Waals surface area (Å²) < 4.78 is 36.9. The van der Waals surface area contributed by atoms with E-state index in [0.29, 0.717) is 23.8 Å². The summed E-state index contributed by atoms with van der Waals surface area (Å²) in [6, 6.07) is 0. The van der Waals surface area contributed by atoms with Gasteiger partial charge in [-0.15, -0.1) is 11.3 Å². The van der Waals surface area contributed by atoms with Crippen LogP contribution in [0.25, 0.3) is 0 Å². The predicted octanol–water partition coefficient (Wildman–Crippen LogP) is 2.38. The van der Waals surface area contributed by atoms with Crippen molar-refractivity contribution in [3.63, 3.8) is 0 Å². The van der Waals surface area contributed by atoms with E-state index in [4.69, 9.17) is 5.73 Å². The molecule has 0 radical (unpaired) electrons. The Balaban J connectivity index is 2.76. The molecule has 0 atom stereocenters. The molecule has 3 nitrogen and oxygen atoms in total. The molecule has 0 aliphatic rings. The van der Waals surface area contributed by atoms with Crippen LogP contribution < -0.4 is 10.6 Å². The fourth-order valence-corrected chi connectivity index (χ4v) is 2.13. The van der Waals surface area contributed by atoms with Crippen molar-refractivity contribution >= 4 is 16.5 Å². The average molecular weight is 253 g/mol. The molecule has 0 spiro atoms. The molecule has 0 saturated heterocycles. The standard InChI is InChI=1S/C9H14F3N3S/c1-2-3-15(6-9(10,11)12)8-14-7(4-13)5-16-8/h5H,2-4,6,13H2,1H3. The minimum absolute atomic E-state index is 0.252. The summed E-state index contributed by atoms with van der Waals surface area (Å²) in [4.78, 5) is 5.29. The van der Waals surface area contributed by atoms with Crippen molar-refractivity contribution in [1.82, 2.24) is 4.98 Å². The molecule has 1 heterocycles. The first-order chi connectivity index (χ1) is 7.46. The highest BCUT2D eigenvalue weighted by molar-refractivity contribution is 7.13. The minimum atomic E-state index is -4.20. The van der Waals surface area contributed by atoms with Crippen LogP contribution in [0.5, 0.6) is 0 Å². The summed E-state index contributed by atoms with van der Waals surface area (Å²) >= 11 is 1.20. The number of thiazole rings is 1. The highest BCUT2D eigenvalue weighted by Crippen LogP contribution is 2.25. The molecule has 0 amide bonds. The molecule has 7 heteroatoms. The van der Waals surface area contributed by atoms with Gasteiger partial charge in [0.05, 0.1) is 5.69 Å². The number of alkyl halides is 3. The zero-order chi connectivity index (χ0) is 12.2. The van der Waals surface area contributed by atoms with Gasteiger partial charge in [0.25, 0.3) is 0 Å². The van der Waals surface area contributed by atoms with Crippen LogP contribution in [-0.4, -0.2) is 24.2 Å². The van der Waals surface area contributed by atoms with E-state index >= 15 is 0 Å². The maximum atomic E-state index is 12.3. The van der Waals surface area contributed by atoms with Gasteiger partial charge in [-0.1, -0.05) is 6.92 Å². The lowest BCUT2D eigenvalue weighted by molar-refractivity contribution is -0.119. The van der Waals surface area contributed by atoms with Gasteiger partial charge in [-0.2, -0.15) is 13.2 Å². The number of hydrogen-bond acceptors (Lipinski definition) is 4. The van der Waals surface area contributed by atoms with E-state index in [0.717, 1.165) is 0 Å². The van der Waals surface area contributed by atoms with Crippen LogP contribution >= 0.6 is 11.3 Å². The van der Waals surface area contributed by atoms with Crippen molar-refractivity contribution in [2.45, 2.75) is 26.1 Å². The van der Waals surface area contributed by atoms with Crippen LogP contribution in [0.3, 0.4) is 0 Å². The molecule has 1 aromatic rings. The van der Waals surface area contributed by atoms with Gasteiger partial charge in [0.2, 0.25) is 0 Å². The van der Waals surface area contributed by atoms with Crippen LogP contribution in [0, 0.1) is 0 Å². The first-order valence-electron chi connectivity index (χ1n) is 4.92. The van der Waals surface area contributed by atoms with Crippen LogP contribution in [0.15, 0.2) is 5.38 Å². The third-order valence-electron chi connectivity index (χ3n) is 1.88. The van der Waals surface area contributed by atoms with E-state index in [1.54, 1.807) is 5.38 Å². The van der Waals surface area contributed by atoms with Gasteiger partial charge >= 0.3 is 6.18 Å². The Hall–Kier alpha value is -0.820. The van der Waals surface area contributed by atoms with Crippen LogP contribution in [0.2, 0.25) is 0 Å². The van der Waals surface area contributed by atoms with E-state index in [1.165, 1.54) is 16.2 Å². The van der Waals surface area contributed by atoms with E-state index in [2.05, 4.69) is 4.98 Å². The maximum absolute atomic E-state index is 12.3. The van der Waals surface area contributed by atoms with Crippen LogP contribution in [-0.2, 0) is 6.54 Å². The van der Waals surface area contributed by atoms with Crippen molar-refractivity contribution in [2.24, 2.45) is 5.73 Å². The number of rotatable bonds is 5. The van der Waals surface area contributed by atoms with Crippen molar-refractivity contribution in [3.05, 3.63) is 11.1 Å². The third-order valence-corrected chi connectivity index (χ3v) is 2.83. The van der Waals surface area contributed by atoms with Crippen molar-refractivity contribution < 1.29 is 13.2 Å². The molecule has 0 bridgehead atoms. The third kappa shape index (κ3) is 3.97. The SMILES string of the molecule is CCCN(CC(F)(F)F)c1nc(CN)cs1. The molecule has 0 aliphatic carbocycles. The second kappa shape index (κ2) is 5.49. The number of aromatic nitrogens is 1. The smallest absolute Gasteiger partial charge is 0.339 e. The molecule has 92 valence electrons. The lowest BCUT2D eigenvalue weighted by atomic mass is 10.4. The second-order valence-corrected chi connectivity index (χ2v) is 4.20. The molecular formula is C9H14F3N3S. The van der Waals surface area contributed by atoms with Gasteiger partial charge in [0.15, 0.2) is 5.13 Å². The Bertz CT molecular complexity index is 324. The van der Waals surface area contributed by atoms with E-state index in [-0.39, 0.29) is 6.54 Å². The molecular weight excluding hydrogens is 239 g/mol. The molecule has 0 saturated carbocycles. The Morgan fingerprint density at radius 3 is 2.62 bits per heavy atom.